The second-order valence-corrected chi connectivity index (χ2v) is 10.8. The molecule has 0 aliphatic carbocycles. The number of pyridine rings is 1. The molecule has 2 aliphatic heterocycles. The van der Waals surface area contributed by atoms with Crippen LogP contribution in [0.2, 0.25) is 0 Å². The number of carbonyl (C=O) groups excluding carboxylic acids is 1. The molecule has 5 heterocycles. The van der Waals surface area contributed by atoms with E-state index in [0.29, 0.717) is 24.6 Å². The van der Waals surface area contributed by atoms with E-state index in [1.807, 2.05) is 17.2 Å². The Morgan fingerprint density at radius 2 is 1.84 bits per heavy atom. The number of nitrogens with zero attached hydrogens (tertiary/aromatic N) is 5. The van der Waals surface area contributed by atoms with Crippen LogP contribution in [0.1, 0.15) is 54.4 Å². The van der Waals surface area contributed by atoms with E-state index in [2.05, 4.69) is 28.1 Å². The molecule has 0 aromatic carbocycles. The van der Waals surface area contributed by atoms with Gasteiger partial charge in [0.1, 0.15) is 0 Å². The number of aromatic amines is 1. The van der Waals surface area contributed by atoms with Gasteiger partial charge in [0.2, 0.25) is 0 Å². The van der Waals surface area contributed by atoms with Crippen LogP contribution in [0, 0.1) is 5.92 Å². The summed E-state index contributed by atoms with van der Waals surface area (Å²) in [7, 11) is -3.53. The summed E-state index contributed by atoms with van der Waals surface area (Å²) >= 11 is 0. The number of amides is 1. The highest BCUT2D eigenvalue weighted by atomic mass is 32.2. The van der Waals surface area contributed by atoms with Gasteiger partial charge in [-0.25, -0.2) is 17.9 Å². The van der Waals surface area contributed by atoms with Crippen LogP contribution in [-0.2, 0) is 10.0 Å². The van der Waals surface area contributed by atoms with Gasteiger partial charge in [-0.15, -0.1) is 0 Å². The van der Waals surface area contributed by atoms with Gasteiger partial charge in [0.25, 0.3) is 15.9 Å². The lowest BCUT2D eigenvalue weighted by Crippen LogP contribution is -2.38. The lowest BCUT2D eigenvalue weighted by molar-refractivity contribution is 0.0699. The van der Waals surface area contributed by atoms with Gasteiger partial charge < -0.3 is 9.88 Å². The minimum absolute atomic E-state index is 0.0459. The summed E-state index contributed by atoms with van der Waals surface area (Å²) in [5.41, 5.74) is 2.58. The van der Waals surface area contributed by atoms with Crippen LogP contribution >= 0.6 is 0 Å². The fraction of sp³-hybridized carbons (Fsp3) is 0.500. The van der Waals surface area contributed by atoms with Crippen LogP contribution in [0.25, 0.3) is 5.52 Å². The summed E-state index contributed by atoms with van der Waals surface area (Å²) in [4.78, 5) is 21.6. The van der Waals surface area contributed by atoms with Crippen molar-refractivity contribution in [3.05, 3.63) is 48.2 Å². The Bertz CT molecular complexity index is 1200. The molecule has 0 bridgehead atoms. The van der Waals surface area contributed by atoms with Crippen LogP contribution in [0.5, 0.6) is 0 Å². The Morgan fingerprint density at radius 3 is 2.53 bits per heavy atom. The molecule has 5 rings (SSSR count). The summed E-state index contributed by atoms with van der Waals surface area (Å²) in [6.45, 7) is 4.72. The highest BCUT2D eigenvalue weighted by Crippen LogP contribution is 2.31. The molecule has 0 atom stereocenters. The van der Waals surface area contributed by atoms with Gasteiger partial charge in [0.05, 0.1) is 29.8 Å². The predicted molar refractivity (Wildman–Crippen MR) is 119 cm³/mol. The largest absolute Gasteiger partial charge is 0.339 e. The number of fused-ring (bicyclic) bond motifs is 1. The van der Waals surface area contributed by atoms with Gasteiger partial charge in [0.15, 0.2) is 5.03 Å². The first-order chi connectivity index (χ1) is 15.4. The highest BCUT2D eigenvalue weighted by Gasteiger charge is 2.31. The van der Waals surface area contributed by atoms with Crippen molar-refractivity contribution in [2.45, 2.75) is 43.6 Å². The maximum Gasteiger partial charge on any atom is 0.260 e. The summed E-state index contributed by atoms with van der Waals surface area (Å²) < 4.78 is 28.7. The minimum Gasteiger partial charge on any atom is -0.339 e. The molecule has 9 nitrogen and oxygen atoms in total. The molecule has 1 N–H and O–H groups in total. The van der Waals surface area contributed by atoms with Crippen LogP contribution in [0.15, 0.2) is 42.1 Å². The van der Waals surface area contributed by atoms with Crippen LogP contribution < -0.4 is 0 Å². The number of sulfonamides is 1. The fourth-order valence-electron chi connectivity index (χ4n) is 4.75. The molecule has 32 heavy (non-hydrogen) atoms. The second kappa shape index (κ2) is 8.32. The smallest absolute Gasteiger partial charge is 0.260 e. The number of nitrogens with one attached hydrogen (secondary N) is 1. The summed E-state index contributed by atoms with van der Waals surface area (Å²) in [6.07, 6.45) is 9.81. The molecule has 2 fully saturated rings. The molecule has 3 aromatic rings. The molecule has 1 amide bonds. The van der Waals surface area contributed by atoms with Crippen LogP contribution in [0.4, 0.5) is 0 Å². The Kier molecular flexibility index (Phi) is 5.50. The van der Waals surface area contributed by atoms with Crippen molar-refractivity contribution in [1.82, 2.24) is 28.8 Å². The van der Waals surface area contributed by atoms with E-state index < -0.39 is 10.0 Å². The number of rotatable bonds is 4. The number of piperidine rings is 2. The van der Waals surface area contributed by atoms with E-state index in [0.717, 1.165) is 49.9 Å². The standard InChI is InChI=1S/C22H28N6O3S/c1-16-2-7-26(8-3-16)22(29)19-13-25-28-11-6-18(12-20(19)28)17-4-9-27(10-5-17)32(30,31)21-14-23-15-24-21/h6,11-17H,2-5,7-10H2,1H3,(H,23,24). The van der Waals surface area contributed by atoms with Gasteiger partial charge in [-0.3, -0.25) is 4.79 Å². The van der Waals surface area contributed by atoms with E-state index >= 15 is 0 Å². The normalized spacial score (nSPS) is 19.6. The highest BCUT2D eigenvalue weighted by molar-refractivity contribution is 7.89. The van der Waals surface area contributed by atoms with Crippen molar-refractivity contribution < 1.29 is 13.2 Å². The third-order valence-electron chi connectivity index (χ3n) is 6.86. The third-order valence-corrected chi connectivity index (χ3v) is 8.69. The van der Waals surface area contributed by atoms with Crippen molar-refractivity contribution in [3.8, 4) is 0 Å². The molecule has 2 aliphatic rings. The predicted octanol–water partition coefficient (Wildman–Crippen LogP) is 2.50. The monoisotopic (exact) mass is 456 g/mol. The number of imidazole rings is 1. The zero-order chi connectivity index (χ0) is 22.3. The summed E-state index contributed by atoms with van der Waals surface area (Å²) in [5, 5.41) is 4.51. The molecule has 0 unspecified atom stereocenters. The molecule has 0 saturated carbocycles. The molecule has 170 valence electrons. The fourth-order valence-corrected chi connectivity index (χ4v) is 6.12. The molecule has 3 aromatic heterocycles. The number of hydrogen-bond acceptors (Lipinski definition) is 5. The van der Waals surface area contributed by atoms with Crippen molar-refractivity contribution in [1.29, 1.82) is 0 Å². The molecular weight excluding hydrogens is 428 g/mol. The van der Waals surface area contributed by atoms with Crippen LogP contribution in [0.3, 0.4) is 0 Å². The number of likely N-dealkylation sites (tertiary alicyclic amines) is 1. The quantitative estimate of drug-likeness (QED) is 0.650. The van der Waals surface area contributed by atoms with E-state index in [1.54, 1.807) is 10.7 Å². The number of carbonyl (C=O) groups is 1. The van der Waals surface area contributed by atoms with E-state index in [-0.39, 0.29) is 16.9 Å². The van der Waals surface area contributed by atoms with Gasteiger partial charge in [0, 0.05) is 32.4 Å². The average molecular weight is 457 g/mol. The molecule has 2 saturated heterocycles. The molecule has 0 spiro atoms. The van der Waals surface area contributed by atoms with Gasteiger partial charge >= 0.3 is 0 Å². The van der Waals surface area contributed by atoms with Gasteiger partial charge in [-0.05, 0) is 55.2 Å². The Morgan fingerprint density at radius 1 is 1.09 bits per heavy atom. The Hall–Kier alpha value is -2.72. The Balaban J connectivity index is 1.32. The van der Waals surface area contributed by atoms with Crippen molar-refractivity contribution in [2.75, 3.05) is 26.2 Å². The van der Waals surface area contributed by atoms with E-state index in [9.17, 15) is 13.2 Å². The van der Waals surface area contributed by atoms with Gasteiger partial charge in [-0.2, -0.15) is 9.40 Å². The van der Waals surface area contributed by atoms with Gasteiger partial charge in [-0.1, -0.05) is 6.92 Å². The first-order valence-corrected chi connectivity index (χ1v) is 12.6. The van der Waals surface area contributed by atoms with Crippen molar-refractivity contribution in [3.63, 3.8) is 0 Å². The lowest BCUT2D eigenvalue weighted by atomic mass is 9.90. The number of H-pyrrole nitrogens is 1. The Labute approximate surface area is 187 Å². The SMILES string of the molecule is CC1CCN(C(=O)c2cnn3ccc(C4CCN(S(=O)(=O)c5cnc[nH]5)CC4)cc23)CC1. The van der Waals surface area contributed by atoms with Crippen LogP contribution in [-0.4, -0.2) is 69.3 Å². The number of aromatic nitrogens is 4. The van der Waals surface area contributed by atoms with Crippen molar-refractivity contribution in [2.24, 2.45) is 5.92 Å². The summed E-state index contributed by atoms with van der Waals surface area (Å²) in [6, 6.07) is 4.08. The lowest BCUT2D eigenvalue weighted by Gasteiger charge is -2.31. The first-order valence-electron chi connectivity index (χ1n) is 11.2. The first kappa shape index (κ1) is 21.1. The third kappa shape index (κ3) is 3.81. The van der Waals surface area contributed by atoms with E-state index in [4.69, 9.17) is 0 Å². The molecule has 10 heteroatoms. The maximum atomic E-state index is 13.1. The molecule has 0 radical (unpaired) electrons. The zero-order valence-corrected chi connectivity index (χ0v) is 19.0. The molecular formula is C22H28N6O3S. The minimum atomic E-state index is -3.53. The number of hydrogen-bond donors (Lipinski definition) is 1. The van der Waals surface area contributed by atoms with Crippen molar-refractivity contribution >= 4 is 21.4 Å². The zero-order valence-electron chi connectivity index (χ0n) is 18.1. The topological polar surface area (TPSA) is 104 Å². The summed E-state index contributed by atoms with van der Waals surface area (Å²) in [5.74, 6) is 0.948. The average Bonchev–Trinajstić information content (AvgIpc) is 3.49. The second-order valence-electron chi connectivity index (χ2n) is 8.92. The maximum absolute atomic E-state index is 13.1. The van der Waals surface area contributed by atoms with E-state index in [1.165, 1.54) is 16.8 Å².